The van der Waals surface area contributed by atoms with Gasteiger partial charge in [0.15, 0.2) is 5.78 Å². The molecule has 1 aromatic rings. The number of carbonyl (C=O) groups excluding carboxylic acids is 3. The van der Waals surface area contributed by atoms with Gasteiger partial charge in [-0.15, -0.1) is 11.3 Å². The molecule has 1 N–H and O–H groups in total. The smallest absolute Gasteiger partial charge is 0.222 e. The highest BCUT2D eigenvalue weighted by Crippen LogP contribution is 2.13. The first-order valence-corrected chi connectivity index (χ1v) is 7.54. The summed E-state index contributed by atoms with van der Waals surface area (Å²) in [5, 5.41) is 4.74. The molecule has 1 aromatic heterocycles. The van der Waals surface area contributed by atoms with Gasteiger partial charge in [0.2, 0.25) is 11.8 Å². The summed E-state index contributed by atoms with van der Waals surface area (Å²) in [5.74, 6) is -0.00267. The summed E-state index contributed by atoms with van der Waals surface area (Å²) >= 11 is 1.39. The molecule has 0 saturated carbocycles. The lowest BCUT2D eigenvalue weighted by Gasteiger charge is -2.30. The number of Topliss-reactive ketones (excluding diaryl/α,β-unsaturated/α-hetero) is 1. The van der Waals surface area contributed by atoms with Gasteiger partial charge in [0.1, 0.15) is 0 Å². The van der Waals surface area contributed by atoms with Crippen LogP contribution < -0.4 is 5.32 Å². The Hall–Kier alpha value is -1.69. The van der Waals surface area contributed by atoms with E-state index in [9.17, 15) is 14.4 Å². The topological polar surface area (TPSA) is 66.5 Å². The van der Waals surface area contributed by atoms with Gasteiger partial charge in [-0.05, 0) is 17.9 Å². The van der Waals surface area contributed by atoms with E-state index in [0.717, 1.165) is 0 Å². The SMILES string of the molecule is CN1C[C@H](NC(=O)CCC(=O)c2cccs2)CCC1=O. The number of rotatable bonds is 5. The zero-order valence-corrected chi connectivity index (χ0v) is 12.2. The van der Waals surface area contributed by atoms with Gasteiger partial charge in [-0.3, -0.25) is 14.4 Å². The lowest BCUT2D eigenvalue weighted by atomic mass is 10.1. The molecule has 5 nitrogen and oxygen atoms in total. The standard InChI is InChI=1S/C14H18N2O3S/c1-16-9-10(4-7-14(16)19)15-13(18)6-5-11(17)12-3-2-8-20-12/h2-3,8,10H,4-7,9H2,1H3,(H,15,18)/t10-/m1/s1. The van der Waals surface area contributed by atoms with Crippen molar-refractivity contribution < 1.29 is 14.4 Å². The van der Waals surface area contributed by atoms with Crippen LogP contribution in [0.3, 0.4) is 0 Å². The van der Waals surface area contributed by atoms with E-state index in [1.165, 1.54) is 11.3 Å². The second-order valence-corrected chi connectivity index (χ2v) is 5.93. The highest BCUT2D eigenvalue weighted by molar-refractivity contribution is 7.12. The lowest BCUT2D eigenvalue weighted by molar-refractivity contribution is -0.133. The largest absolute Gasteiger partial charge is 0.352 e. The Morgan fingerprint density at radius 2 is 2.25 bits per heavy atom. The Morgan fingerprint density at radius 3 is 2.90 bits per heavy atom. The van der Waals surface area contributed by atoms with Gasteiger partial charge in [-0.2, -0.15) is 0 Å². The van der Waals surface area contributed by atoms with Crippen LogP contribution >= 0.6 is 11.3 Å². The molecule has 0 aliphatic carbocycles. The fraction of sp³-hybridized carbons (Fsp3) is 0.500. The first-order valence-electron chi connectivity index (χ1n) is 6.66. The van der Waals surface area contributed by atoms with Crippen molar-refractivity contribution in [3.8, 4) is 0 Å². The summed E-state index contributed by atoms with van der Waals surface area (Å²) in [6.07, 6.45) is 1.57. The molecule has 0 bridgehead atoms. The van der Waals surface area contributed by atoms with Crippen molar-refractivity contribution in [2.75, 3.05) is 13.6 Å². The number of hydrogen-bond acceptors (Lipinski definition) is 4. The number of nitrogens with zero attached hydrogens (tertiary/aromatic N) is 1. The van der Waals surface area contributed by atoms with Crippen LogP contribution in [0.1, 0.15) is 35.4 Å². The van der Waals surface area contributed by atoms with E-state index in [0.29, 0.717) is 24.3 Å². The molecule has 0 spiro atoms. The predicted molar refractivity (Wildman–Crippen MR) is 76.7 cm³/mol. The highest BCUT2D eigenvalue weighted by Gasteiger charge is 2.24. The summed E-state index contributed by atoms with van der Waals surface area (Å²) < 4.78 is 0. The van der Waals surface area contributed by atoms with E-state index in [1.807, 2.05) is 11.4 Å². The summed E-state index contributed by atoms with van der Waals surface area (Å²) in [4.78, 5) is 37.3. The molecule has 1 fully saturated rings. The van der Waals surface area contributed by atoms with E-state index in [4.69, 9.17) is 0 Å². The van der Waals surface area contributed by atoms with Gasteiger partial charge in [0, 0.05) is 38.9 Å². The van der Waals surface area contributed by atoms with Crippen LogP contribution in [0.2, 0.25) is 0 Å². The lowest BCUT2D eigenvalue weighted by Crippen LogP contribution is -2.48. The van der Waals surface area contributed by atoms with Crippen molar-refractivity contribution in [1.29, 1.82) is 0 Å². The number of thiophene rings is 1. The van der Waals surface area contributed by atoms with E-state index >= 15 is 0 Å². The van der Waals surface area contributed by atoms with Crippen LogP contribution in [0, 0.1) is 0 Å². The van der Waals surface area contributed by atoms with E-state index < -0.39 is 0 Å². The van der Waals surface area contributed by atoms with Crippen molar-refractivity contribution in [2.24, 2.45) is 0 Å². The number of carbonyl (C=O) groups is 3. The molecular formula is C14H18N2O3S. The van der Waals surface area contributed by atoms with Gasteiger partial charge in [-0.25, -0.2) is 0 Å². The molecule has 0 unspecified atom stereocenters. The Morgan fingerprint density at radius 1 is 1.45 bits per heavy atom. The van der Waals surface area contributed by atoms with Crippen LogP contribution in [0.4, 0.5) is 0 Å². The second kappa shape index (κ2) is 6.65. The maximum atomic E-state index is 11.8. The number of ketones is 1. The number of likely N-dealkylation sites (tertiary alicyclic amines) is 1. The zero-order valence-electron chi connectivity index (χ0n) is 11.4. The first-order chi connectivity index (χ1) is 9.56. The average Bonchev–Trinajstić information content (AvgIpc) is 2.94. The van der Waals surface area contributed by atoms with Gasteiger partial charge < -0.3 is 10.2 Å². The number of amides is 2. The predicted octanol–water partition coefficient (Wildman–Crippen LogP) is 1.45. The minimum atomic E-state index is -0.123. The number of hydrogen-bond donors (Lipinski definition) is 1. The van der Waals surface area contributed by atoms with Crippen molar-refractivity contribution in [2.45, 2.75) is 31.7 Å². The fourth-order valence-corrected chi connectivity index (χ4v) is 2.91. The van der Waals surface area contributed by atoms with Crippen LogP contribution in [0.25, 0.3) is 0 Å². The Balaban J connectivity index is 1.73. The molecule has 0 aromatic carbocycles. The van der Waals surface area contributed by atoms with Gasteiger partial charge >= 0.3 is 0 Å². The number of nitrogens with one attached hydrogen (secondary N) is 1. The zero-order chi connectivity index (χ0) is 14.5. The molecule has 0 radical (unpaired) electrons. The number of piperidine rings is 1. The van der Waals surface area contributed by atoms with Crippen molar-refractivity contribution >= 4 is 28.9 Å². The summed E-state index contributed by atoms with van der Waals surface area (Å²) in [5.41, 5.74) is 0. The molecule has 1 aliphatic heterocycles. The molecule has 1 atom stereocenters. The molecule has 108 valence electrons. The Labute approximate surface area is 122 Å². The summed E-state index contributed by atoms with van der Waals surface area (Å²) in [7, 11) is 1.74. The van der Waals surface area contributed by atoms with Crippen molar-refractivity contribution in [3.05, 3.63) is 22.4 Å². The molecule has 2 amide bonds. The number of likely N-dealkylation sites (N-methyl/N-ethyl adjacent to an activating group) is 1. The van der Waals surface area contributed by atoms with E-state index in [2.05, 4.69) is 5.32 Å². The third kappa shape index (κ3) is 3.90. The third-order valence-electron chi connectivity index (χ3n) is 3.37. The van der Waals surface area contributed by atoms with Crippen molar-refractivity contribution in [3.63, 3.8) is 0 Å². The van der Waals surface area contributed by atoms with Crippen molar-refractivity contribution in [1.82, 2.24) is 10.2 Å². The third-order valence-corrected chi connectivity index (χ3v) is 4.28. The molecule has 1 aliphatic rings. The highest BCUT2D eigenvalue weighted by atomic mass is 32.1. The maximum absolute atomic E-state index is 11.8. The van der Waals surface area contributed by atoms with Gasteiger partial charge in [0.05, 0.1) is 4.88 Å². The van der Waals surface area contributed by atoms with Crippen LogP contribution in [0.5, 0.6) is 0 Å². The van der Waals surface area contributed by atoms with Gasteiger partial charge in [0.25, 0.3) is 0 Å². The average molecular weight is 294 g/mol. The molecule has 20 heavy (non-hydrogen) atoms. The molecule has 6 heteroatoms. The quantitative estimate of drug-likeness (QED) is 0.836. The van der Waals surface area contributed by atoms with E-state index in [1.54, 1.807) is 18.0 Å². The van der Waals surface area contributed by atoms with Crippen LogP contribution in [0.15, 0.2) is 17.5 Å². The Kier molecular flexibility index (Phi) is 4.89. The minimum absolute atomic E-state index is 0.00189. The monoisotopic (exact) mass is 294 g/mol. The minimum Gasteiger partial charge on any atom is -0.352 e. The molecule has 2 heterocycles. The van der Waals surface area contributed by atoms with Crippen LogP contribution in [-0.2, 0) is 9.59 Å². The fourth-order valence-electron chi connectivity index (χ4n) is 2.22. The normalized spacial score (nSPS) is 18.9. The molecule has 2 rings (SSSR count). The maximum Gasteiger partial charge on any atom is 0.222 e. The van der Waals surface area contributed by atoms with Gasteiger partial charge in [-0.1, -0.05) is 6.07 Å². The second-order valence-electron chi connectivity index (χ2n) is 4.98. The van der Waals surface area contributed by atoms with Crippen LogP contribution in [-0.4, -0.2) is 42.1 Å². The summed E-state index contributed by atoms with van der Waals surface area (Å²) in [6, 6.07) is 3.60. The Bertz CT molecular complexity index is 499. The summed E-state index contributed by atoms with van der Waals surface area (Å²) in [6.45, 7) is 0.545. The molecular weight excluding hydrogens is 276 g/mol. The van der Waals surface area contributed by atoms with E-state index in [-0.39, 0.29) is 36.5 Å². The first kappa shape index (κ1) is 14.7. The molecule has 1 saturated heterocycles.